The first kappa shape index (κ1) is 26.5. The fourth-order valence-corrected chi connectivity index (χ4v) is 5.76. The normalized spacial score (nSPS) is 27.9. The van der Waals surface area contributed by atoms with E-state index in [1.165, 1.54) is 6.20 Å². The maximum atomic E-state index is 11.9. The van der Waals surface area contributed by atoms with Gasteiger partial charge >= 0.3 is 29.2 Å². The Morgan fingerprint density at radius 1 is 1.32 bits per heavy atom. The maximum absolute atomic E-state index is 11.9. The van der Waals surface area contributed by atoms with E-state index in [4.69, 9.17) is 19.4 Å². The van der Waals surface area contributed by atoms with Crippen LogP contribution in [0.2, 0.25) is 0 Å². The molecule has 5 atom stereocenters. The molecule has 0 amide bonds. The van der Waals surface area contributed by atoms with Crippen molar-refractivity contribution >= 4 is 45.2 Å². The van der Waals surface area contributed by atoms with Crippen molar-refractivity contribution in [2.24, 2.45) is 0 Å². The van der Waals surface area contributed by atoms with Crippen LogP contribution < -0.4 is 11.0 Å². The molecule has 2 heterocycles. The summed E-state index contributed by atoms with van der Waals surface area (Å²) in [6.45, 7) is 2.51. The molecule has 2 unspecified atom stereocenters. The zero-order valence-electron chi connectivity index (χ0n) is 15.1. The van der Waals surface area contributed by atoms with Gasteiger partial charge in [-0.15, -0.1) is 6.58 Å². The number of hydrogen-bond donors (Lipinski definition) is 7. The zero-order chi connectivity index (χ0) is 23.7. The number of nitrogens with zero attached hydrogens (tertiary/aromatic N) is 1. The van der Waals surface area contributed by atoms with E-state index in [0.29, 0.717) is 4.47 Å². The molecule has 1 saturated heterocycles. The summed E-state index contributed by atoms with van der Waals surface area (Å²) in [5.74, 6) is 0.157. The molecular formula is C11H17BrN3O13P3. The van der Waals surface area contributed by atoms with Gasteiger partial charge in [-0.05, 0) is 15.9 Å². The second-order valence-corrected chi connectivity index (χ2v) is 11.2. The molecule has 7 N–H and O–H groups in total. The number of H-pyrrole nitrogens is 1. The molecule has 1 aromatic rings. The van der Waals surface area contributed by atoms with Crippen LogP contribution in [0.5, 0.6) is 0 Å². The van der Waals surface area contributed by atoms with E-state index in [2.05, 4.69) is 50.9 Å². The minimum Gasteiger partial charge on any atom is -0.389 e. The molecule has 16 nitrogen and oxygen atoms in total. The van der Waals surface area contributed by atoms with Gasteiger partial charge in [-0.25, -0.2) is 23.5 Å². The lowest BCUT2D eigenvalue weighted by Gasteiger charge is -2.29. The number of aromatic nitrogens is 2. The second kappa shape index (κ2) is 9.61. The molecule has 1 fully saturated rings. The van der Waals surface area contributed by atoms with Crippen molar-refractivity contribution in [2.75, 3.05) is 11.9 Å². The Balaban J connectivity index is 2.08. The number of phosphoric acid groups is 3. The van der Waals surface area contributed by atoms with E-state index in [9.17, 15) is 28.5 Å². The highest BCUT2D eigenvalue weighted by molar-refractivity contribution is 9.10. The molecule has 0 radical (unpaired) electrons. The summed E-state index contributed by atoms with van der Waals surface area (Å²) in [5.41, 5.74) is -2.49. The molecule has 1 aliphatic heterocycles. The van der Waals surface area contributed by atoms with Gasteiger partial charge in [0.25, 0.3) is 0 Å². The molecule has 176 valence electrons. The summed E-state index contributed by atoms with van der Waals surface area (Å²) in [5, 5.41) is 13.1. The molecule has 1 aromatic heterocycles. The van der Waals surface area contributed by atoms with Crippen molar-refractivity contribution in [2.45, 2.75) is 24.4 Å². The van der Waals surface area contributed by atoms with Crippen LogP contribution in [0, 0.1) is 0 Å². The van der Waals surface area contributed by atoms with Gasteiger partial charge in [0.2, 0.25) is 0 Å². The lowest BCUT2D eigenvalue weighted by molar-refractivity contribution is -0.0703. The largest absolute Gasteiger partial charge is 0.490 e. The summed E-state index contributed by atoms with van der Waals surface area (Å²) in [6, 6.07) is 0. The Morgan fingerprint density at radius 3 is 2.55 bits per heavy atom. The number of aromatic amines is 1. The number of aliphatic hydroxyl groups excluding tert-OH is 1. The van der Waals surface area contributed by atoms with Gasteiger partial charge in [-0.1, -0.05) is 6.08 Å². The third kappa shape index (κ3) is 7.65. The molecule has 2 rings (SSSR count). The van der Waals surface area contributed by atoms with Crippen LogP contribution in [0.4, 0.5) is 5.82 Å². The van der Waals surface area contributed by atoms with Gasteiger partial charge in [0.15, 0.2) is 0 Å². The van der Waals surface area contributed by atoms with Gasteiger partial charge in [0.1, 0.15) is 17.6 Å². The third-order valence-electron chi connectivity index (χ3n) is 3.65. The van der Waals surface area contributed by atoms with Gasteiger partial charge in [0.05, 0.1) is 23.4 Å². The van der Waals surface area contributed by atoms with Crippen molar-refractivity contribution < 1.29 is 56.3 Å². The first-order valence-corrected chi connectivity index (χ1v) is 13.2. The number of ether oxygens (including phenoxy) is 1. The number of rotatable bonds is 10. The van der Waals surface area contributed by atoms with Crippen molar-refractivity contribution in [1.82, 2.24) is 9.97 Å². The van der Waals surface area contributed by atoms with Crippen molar-refractivity contribution in [3.63, 3.8) is 0 Å². The fraction of sp³-hybridized carbons (Fsp3) is 0.455. The average molecular weight is 572 g/mol. The highest BCUT2D eigenvalue weighted by atomic mass is 79.9. The van der Waals surface area contributed by atoms with Crippen LogP contribution in [0.25, 0.3) is 0 Å². The Labute approximate surface area is 181 Å². The number of aliphatic hydroxyl groups is 1. The Kier molecular flexibility index (Phi) is 8.21. The van der Waals surface area contributed by atoms with Crippen LogP contribution in [-0.4, -0.2) is 59.2 Å². The number of halogens is 1. The summed E-state index contributed by atoms with van der Waals surface area (Å²) in [7, 11) is -16.7. The molecule has 0 aromatic carbocycles. The van der Waals surface area contributed by atoms with Gasteiger partial charge in [0, 0.05) is 6.42 Å². The quantitative estimate of drug-likeness (QED) is 0.147. The van der Waals surface area contributed by atoms with Crippen molar-refractivity contribution in [3.05, 3.63) is 33.8 Å². The van der Waals surface area contributed by atoms with Crippen LogP contribution in [-0.2, 0) is 31.6 Å². The van der Waals surface area contributed by atoms with Crippen LogP contribution in [0.3, 0.4) is 0 Å². The SMILES string of the molecule is C=C[C@]1(COP(=O)(O)OP(=O)(O)OP(=O)(O)O)O[C@@H](Nc2[nH]c(=O)ncc2Br)C[C@@H]1O. The highest BCUT2D eigenvalue weighted by Gasteiger charge is 2.49. The van der Waals surface area contributed by atoms with Gasteiger partial charge in [-0.3, -0.25) is 9.51 Å². The molecule has 0 saturated carbocycles. The first-order valence-electron chi connectivity index (χ1n) is 7.86. The van der Waals surface area contributed by atoms with E-state index in [1.54, 1.807) is 0 Å². The third-order valence-corrected chi connectivity index (χ3v) is 8.03. The average Bonchev–Trinajstić information content (AvgIpc) is 2.89. The molecule has 0 spiro atoms. The van der Waals surface area contributed by atoms with E-state index < -0.39 is 53.7 Å². The molecule has 0 aliphatic carbocycles. The number of anilines is 1. The smallest absolute Gasteiger partial charge is 0.389 e. The summed E-state index contributed by atoms with van der Waals surface area (Å²) in [6.07, 6.45) is -0.214. The number of phosphoric ester groups is 1. The Morgan fingerprint density at radius 2 is 1.97 bits per heavy atom. The Hall–Kier alpha value is -0.770. The molecule has 0 bridgehead atoms. The Bertz CT molecular complexity index is 1030. The molecule has 31 heavy (non-hydrogen) atoms. The standard InChI is InChI=1S/C11H17BrN3O13P3/c1-2-11(5-25-30(21,22)28-31(23,24)27-29(18,19)20)7(16)3-8(26-11)14-9-6(12)4-13-10(17)15-9/h2,4,7-8,16H,1,3,5H2,(H,21,22)(H,23,24)(H2,18,19,20)(H2,13,14,15,17)/t7-,8+,11+/m0/s1. The summed E-state index contributed by atoms with van der Waals surface area (Å²) in [4.78, 5) is 53.0. The van der Waals surface area contributed by atoms with Crippen molar-refractivity contribution in [1.29, 1.82) is 0 Å². The zero-order valence-corrected chi connectivity index (χ0v) is 19.4. The topological polar surface area (TPSA) is 247 Å². The van der Waals surface area contributed by atoms with Crippen LogP contribution in [0.15, 0.2) is 28.1 Å². The highest BCUT2D eigenvalue weighted by Crippen LogP contribution is 2.66. The van der Waals surface area contributed by atoms with Gasteiger partial charge in [-0.2, -0.15) is 8.62 Å². The minimum atomic E-state index is -5.70. The summed E-state index contributed by atoms with van der Waals surface area (Å²) >= 11 is 3.14. The predicted octanol–water partition coefficient (Wildman–Crippen LogP) is 0.320. The fourth-order valence-electron chi connectivity index (χ4n) is 2.39. The maximum Gasteiger partial charge on any atom is 0.490 e. The van der Waals surface area contributed by atoms with Crippen molar-refractivity contribution in [3.8, 4) is 0 Å². The van der Waals surface area contributed by atoms with E-state index in [1.807, 2.05) is 0 Å². The van der Waals surface area contributed by atoms with Crippen LogP contribution >= 0.6 is 39.4 Å². The number of hydrogen-bond acceptors (Lipinski definition) is 11. The monoisotopic (exact) mass is 571 g/mol. The van der Waals surface area contributed by atoms with Gasteiger partial charge < -0.3 is 34.7 Å². The van der Waals surface area contributed by atoms with E-state index in [-0.39, 0.29) is 12.2 Å². The minimum absolute atomic E-state index is 0.122. The van der Waals surface area contributed by atoms with E-state index >= 15 is 0 Å². The second-order valence-electron chi connectivity index (χ2n) is 5.94. The lowest BCUT2D eigenvalue weighted by Crippen LogP contribution is -2.42. The lowest BCUT2D eigenvalue weighted by atomic mass is 9.98. The first-order chi connectivity index (χ1) is 14.1. The molecular weight excluding hydrogens is 555 g/mol. The predicted molar refractivity (Wildman–Crippen MR) is 104 cm³/mol. The molecule has 20 heteroatoms. The summed E-state index contributed by atoms with van der Waals surface area (Å²) < 4.78 is 51.6. The van der Waals surface area contributed by atoms with Crippen LogP contribution in [0.1, 0.15) is 6.42 Å². The molecule has 1 aliphatic rings. The van der Waals surface area contributed by atoms with E-state index in [0.717, 1.165) is 6.08 Å². The number of nitrogens with one attached hydrogen (secondary N) is 2.